The van der Waals surface area contributed by atoms with Crippen molar-refractivity contribution in [2.24, 2.45) is 0 Å². The molecular weight excluding hydrogens is 240 g/mol. The molecule has 3 heteroatoms. The molecule has 0 saturated heterocycles. The number of unbranched alkanes of at least 4 members (excludes halogenated alkanes) is 4. The zero-order valence-electron chi connectivity index (χ0n) is 12.5. The van der Waals surface area contributed by atoms with Gasteiger partial charge in [-0.1, -0.05) is 63.8 Å². The lowest BCUT2D eigenvalue weighted by Crippen LogP contribution is -2.23. The maximum absolute atomic E-state index is 4.41. The quantitative estimate of drug-likeness (QED) is 0.570. The molecule has 18 heavy (non-hydrogen) atoms. The second kappa shape index (κ2) is 7.88. The highest BCUT2D eigenvalue weighted by atomic mass is 32.1. The van der Waals surface area contributed by atoms with E-state index in [-0.39, 0.29) is 5.41 Å². The van der Waals surface area contributed by atoms with Gasteiger partial charge in [0.25, 0.3) is 0 Å². The Labute approximate surface area is 116 Å². The van der Waals surface area contributed by atoms with Gasteiger partial charge in [0.1, 0.15) is 0 Å². The SMILES string of the molecule is CCCCCCC(C)(CCCC)c1nnsc1C. The first-order valence-corrected chi connectivity index (χ1v) is 8.21. The highest BCUT2D eigenvalue weighted by Gasteiger charge is 2.30. The fourth-order valence-corrected chi connectivity index (χ4v) is 3.27. The van der Waals surface area contributed by atoms with Crippen LogP contribution in [-0.2, 0) is 5.41 Å². The van der Waals surface area contributed by atoms with E-state index in [2.05, 4.69) is 37.3 Å². The molecule has 1 heterocycles. The van der Waals surface area contributed by atoms with Crippen molar-refractivity contribution in [3.8, 4) is 0 Å². The van der Waals surface area contributed by atoms with Crippen molar-refractivity contribution in [1.29, 1.82) is 0 Å². The highest BCUT2D eigenvalue weighted by Crippen LogP contribution is 2.36. The normalized spacial score (nSPS) is 14.7. The average Bonchev–Trinajstić information content (AvgIpc) is 2.79. The van der Waals surface area contributed by atoms with Crippen molar-refractivity contribution in [3.05, 3.63) is 10.6 Å². The van der Waals surface area contributed by atoms with Crippen LogP contribution in [0.15, 0.2) is 0 Å². The average molecular weight is 268 g/mol. The first-order valence-electron chi connectivity index (χ1n) is 7.43. The fraction of sp³-hybridized carbons (Fsp3) is 0.867. The minimum absolute atomic E-state index is 0.251. The molecule has 104 valence electrons. The van der Waals surface area contributed by atoms with E-state index in [1.807, 2.05) is 0 Å². The molecule has 1 rings (SSSR count). The molecule has 1 aromatic heterocycles. The summed E-state index contributed by atoms with van der Waals surface area (Å²) in [7, 11) is 0. The van der Waals surface area contributed by atoms with E-state index in [4.69, 9.17) is 0 Å². The number of nitrogens with zero attached hydrogens (tertiary/aromatic N) is 2. The fourth-order valence-electron chi connectivity index (χ4n) is 2.65. The molecule has 1 aromatic rings. The third kappa shape index (κ3) is 4.34. The minimum atomic E-state index is 0.251. The topological polar surface area (TPSA) is 25.8 Å². The van der Waals surface area contributed by atoms with Crippen molar-refractivity contribution in [1.82, 2.24) is 9.59 Å². The summed E-state index contributed by atoms with van der Waals surface area (Å²) in [4.78, 5) is 1.31. The monoisotopic (exact) mass is 268 g/mol. The summed E-state index contributed by atoms with van der Waals surface area (Å²) in [6, 6.07) is 0. The first kappa shape index (κ1) is 15.6. The van der Waals surface area contributed by atoms with Crippen molar-refractivity contribution in [2.75, 3.05) is 0 Å². The Morgan fingerprint density at radius 1 is 1.00 bits per heavy atom. The maximum atomic E-state index is 4.41. The van der Waals surface area contributed by atoms with Crippen molar-refractivity contribution >= 4 is 11.5 Å². The Bertz CT molecular complexity index is 335. The second-order valence-electron chi connectivity index (χ2n) is 5.65. The van der Waals surface area contributed by atoms with Crippen LogP contribution in [0.25, 0.3) is 0 Å². The molecule has 0 spiro atoms. The summed E-state index contributed by atoms with van der Waals surface area (Å²) in [5.74, 6) is 0. The number of hydrogen-bond acceptors (Lipinski definition) is 3. The Morgan fingerprint density at radius 2 is 1.67 bits per heavy atom. The molecule has 0 amide bonds. The smallest absolute Gasteiger partial charge is 0.0843 e. The van der Waals surface area contributed by atoms with Gasteiger partial charge in [0.2, 0.25) is 0 Å². The van der Waals surface area contributed by atoms with E-state index in [9.17, 15) is 0 Å². The van der Waals surface area contributed by atoms with Crippen LogP contribution >= 0.6 is 11.5 Å². The van der Waals surface area contributed by atoms with Gasteiger partial charge >= 0.3 is 0 Å². The Kier molecular flexibility index (Phi) is 6.83. The summed E-state index contributed by atoms with van der Waals surface area (Å²) < 4.78 is 4.13. The van der Waals surface area contributed by atoms with Crippen LogP contribution in [-0.4, -0.2) is 9.59 Å². The van der Waals surface area contributed by atoms with E-state index in [1.165, 1.54) is 61.9 Å². The lowest BCUT2D eigenvalue weighted by Gasteiger charge is -2.28. The van der Waals surface area contributed by atoms with Gasteiger partial charge in [-0.15, -0.1) is 5.10 Å². The van der Waals surface area contributed by atoms with E-state index < -0.39 is 0 Å². The van der Waals surface area contributed by atoms with Gasteiger partial charge in [-0.2, -0.15) is 0 Å². The number of rotatable bonds is 9. The van der Waals surface area contributed by atoms with Gasteiger partial charge in [-0.3, -0.25) is 0 Å². The molecule has 0 aliphatic carbocycles. The summed E-state index contributed by atoms with van der Waals surface area (Å²) in [6.45, 7) is 9.09. The Balaban J connectivity index is 2.66. The van der Waals surface area contributed by atoms with Crippen LogP contribution in [0.3, 0.4) is 0 Å². The van der Waals surface area contributed by atoms with Crippen LogP contribution in [0.1, 0.15) is 82.7 Å². The third-order valence-electron chi connectivity index (χ3n) is 3.89. The second-order valence-corrected chi connectivity index (χ2v) is 6.61. The molecule has 0 aromatic carbocycles. The summed E-state index contributed by atoms with van der Waals surface area (Å²) in [5.41, 5.74) is 1.51. The molecule has 0 aliphatic heterocycles. The van der Waals surface area contributed by atoms with Gasteiger partial charge in [0.15, 0.2) is 0 Å². The predicted molar refractivity (Wildman–Crippen MR) is 80.3 cm³/mol. The van der Waals surface area contributed by atoms with Gasteiger partial charge in [0, 0.05) is 10.3 Å². The summed E-state index contributed by atoms with van der Waals surface area (Å²) in [6.07, 6.45) is 10.4. The first-order chi connectivity index (χ1) is 8.64. The van der Waals surface area contributed by atoms with Gasteiger partial charge in [-0.25, -0.2) is 0 Å². The molecule has 0 aliphatic rings. The molecule has 0 fully saturated rings. The van der Waals surface area contributed by atoms with E-state index in [1.54, 1.807) is 11.5 Å². The number of hydrogen-bond donors (Lipinski definition) is 0. The standard InChI is InChI=1S/C15H28N2S/c1-5-7-9-10-12-15(4,11-8-6-2)14-13(3)18-17-16-14/h5-12H2,1-4H3. The van der Waals surface area contributed by atoms with Crippen molar-refractivity contribution in [3.63, 3.8) is 0 Å². The molecule has 1 atom stereocenters. The molecule has 1 unspecified atom stereocenters. The maximum Gasteiger partial charge on any atom is 0.0843 e. The number of aryl methyl sites for hydroxylation is 1. The molecule has 0 bridgehead atoms. The van der Waals surface area contributed by atoms with Crippen molar-refractivity contribution < 1.29 is 0 Å². The van der Waals surface area contributed by atoms with E-state index in [0.717, 1.165) is 0 Å². The lowest BCUT2D eigenvalue weighted by atomic mass is 9.77. The zero-order chi connectivity index (χ0) is 13.4. The van der Waals surface area contributed by atoms with Crippen molar-refractivity contribution in [2.45, 2.75) is 84.5 Å². The minimum Gasteiger partial charge on any atom is -0.142 e. The highest BCUT2D eigenvalue weighted by molar-refractivity contribution is 7.05. The summed E-state index contributed by atoms with van der Waals surface area (Å²) in [5, 5.41) is 4.41. The zero-order valence-corrected chi connectivity index (χ0v) is 13.3. The Morgan fingerprint density at radius 3 is 2.22 bits per heavy atom. The molecule has 0 N–H and O–H groups in total. The Hall–Kier alpha value is -0.440. The van der Waals surface area contributed by atoms with Crippen LogP contribution in [0.4, 0.5) is 0 Å². The molecule has 0 radical (unpaired) electrons. The van der Waals surface area contributed by atoms with E-state index >= 15 is 0 Å². The third-order valence-corrected chi connectivity index (χ3v) is 4.52. The van der Waals surface area contributed by atoms with Crippen LogP contribution in [0.5, 0.6) is 0 Å². The molecule has 0 saturated carbocycles. The molecular formula is C15H28N2S. The lowest BCUT2D eigenvalue weighted by molar-refractivity contribution is 0.358. The van der Waals surface area contributed by atoms with Crippen LogP contribution in [0.2, 0.25) is 0 Å². The number of aromatic nitrogens is 2. The van der Waals surface area contributed by atoms with E-state index in [0.29, 0.717) is 0 Å². The largest absolute Gasteiger partial charge is 0.142 e. The van der Waals surface area contributed by atoms with Gasteiger partial charge < -0.3 is 0 Å². The van der Waals surface area contributed by atoms with Crippen LogP contribution < -0.4 is 0 Å². The van der Waals surface area contributed by atoms with Crippen LogP contribution in [0, 0.1) is 6.92 Å². The summed E-state index contributed by atoms with van der Waals surface area (Å²) >= 11 is 1.55. The molecule has 2 nitrogen and oxygen atoms in total. The predicted octanol–water partition coefficient (Wildman–Crippen LogP) is 5.26. The van der Waals surface area contributed by atoms with Gasteiger partial charge in [0.05, 0.1) is 5.69 Å². The van der Waals surface area contributed by atoms with Gasteiger partial charge in [-0.05, 0) is 31.3 Å².